The first-order valence-electron chi connectivity index (χ1n) is 5.33. The van der Waals surface area contributed by atoms with Crippen molar-refractivity contribution in [2.75, 3.05) is 11.9 Å². The number of halogens is 1. The van der Waals surface area contributed by atoms with Crippen molar-refractivity contribution in [2.24, 2.45) is 0 Å². The topological polar surface area (TPSA) is 53.7 Å². The number of furan rings is 1. The Morgan fingerprint density at radius 1 is 1.44 bits per heavy atom. The summed E-state index contributed by atoms with van der Waals surface area (Å²) in [5.74, 6) is -1.03. The molecule has 94 valence electrons. The number of carboxylic acids is 1. The van der Waals surface area contributed by atoms with E-state index >= 15 is 0 Å². The molecule has 2 rings (SSSR count). The fraction of sp³-hybridized carbons (Fsp3) is 0.154. The van der Waals surface area contributed by atoms with Crippen LogP contribution in [0, 0.1) is 0 Å². The molecule has 1 N–H and O–H groups in total. The second-order valence-corrected chi connectivity index (χ2v) is 4.33. The Morgan fingerprint density at radius 2 is 2.22 bits per heavy atom. The van der Waals surface area contributed by atoms with E-state index in [1.165, 1.54) is 0 Å². The molecule has 0 unspecified atom stereocenters. The predicted molar refractivity (Wildman–Crippen MR) is 69.2 cm³/mol. The molecule has 0 spiro atoms. The first kappa shape index (κ1) is 12.5. The van der Waals surface area contributed by atoms with Crippen LogP contribution in [0.5, 0.6) is 0 Å². The van der Waals surface area contributed by atoms with E-state index in [1.54, 1.807) is 30.7 Å². The minimum atomic E-state index is -1.03. The second kappa shape index (κ2) is 5.14. The van der Waals surface area contributed by atoms with Gasteiger partial charge in [0, 0.05) is 19.2 Å². The summed E-state index contributed by atoms with van der Waals surface area (Å²) in [4.78, 5) is 13.0. The van der Waals surface area contributed by atoms with Crippen LogP contribution in [-0.4, -0.2) is 18.1 Å². The summed E-state index contributed by atoms with van der Waals surface area (Å²) in [5.41, 5.74) is 1.66. The molecule has 0 fully saturated rings. The van der Waals surface area contributed by atoms with Crippen molar-refractivity contribution >= 4 is 23.3 Å². The van der Waals surface area contributed by atoms with Crippen LogP contribution in [0.25, 0.3) is 0 Å². The molecule has 0 bridgehead atoms. The van der Waals surface area contributed by atoms with E-state index < -0.39 is 5.97 Å². The van der Waals surface area contributed by atoms with E-state index in [1.807, 2.05) is 18.0 Å². The van der Waals surface area contributed by atoms with Crippen molar-refractivity contribution < 1.29 is 14.3 Å². The van der Waals surface area contributed by atoms with Gasteiger partial charge in [-0.2, -0.15) is 0 Å². The lowest BCUT2D eigenvalue weighted by Crippen LogP contribution is -2.19. The van der Waals surface area contributed by atoms with Gasteiger partial charge in [-0.25, -0.2) is 4.79 Å². The summed E-state index contributed by atoms with van der Waals surface area (Å²) < 4.78 is 4.98. The van der Waals surface area contributed by atoms with Crippen LogP contribution in [0.4, 0.5) is 5.69 Å². The summed E-state index contributed by atoms with van der Waals surface area (Å²) in [6.07, 6.45) is 3.21. The maximum atomic E-state index is 11.2. The number of nitrogens with zero attached hydrogens (tertiary/aromatic N) is 1. The van der Waals surface area contributed by atoms with Gasteiger partial charge in [0.05, 0.1) is 23.2 Å². The molecule has 0 atom stereocenters. The van der Waals surface area contributed by atoms with Crippen molar-refractivity contribution in [1.82, 2.24) is 0 Å². The SMILES string of the molecule is CN(Cc1ccoc1)c1cccc(Cl)c1C(=O)O. The third-order valence-corrected chi connectivity index (χ3v) is 2.93. The van der Waals surface area contributed by atoms with E-state index in [-0.39, 0.29) is 10.6 Å². The minimum Gasteiger partial charge on any atom is -0.478 e. The Labute approximate surface area is 109 Å². The molecule has 18 heavy (non-hydrogen) atoms. The van der Waals surface area contributed by atoms with Crippen LogP contribution >= 0.6 is 11.6 Å². The van der Waals surface area contributed by atoms with Gasteiger partial charge >= 0.3 is 5.97 Å². The summed E-state index contributed by atoms with van der Waals surface area (Å²) in [5, 5.41) is 9.43. The van der Waals surface area contributed by atoms with Crippen LogP contribution in [-0.2, 0) is 6.54 Å². The monoisotopic (exact) mass is 265 g/mol. The molecule has 0 radical (unpaired) electrons. The summed E-state index contributed by atoms with van der Waals surface area (Å²) in [6.45, 7) is 0.553. The van der Waals surface area contributed by atoms with Crippen molar-refractivity contribution in [3.63, 3.8) is 0 Å². The third kappa shape index (κ3) is 2.49. The molecular weight excluding hydrogens is 254 g/mol. The minimum absolute atomic E-state index is 0.116. The van der Waals surface area contributed by atoms with Gasteiger partial charge in [0.2, 0.25) is 0 Å². The van der Waals surface area contributed by atoms with Gasteiger partial charge in [-0.05, 0) is 18.2 Å². The highest BCUT2D eigenvalue weighted by Crippen LogP contribution is 2.27. The highest BCUT2D eigenvalue weighted by molar-refractivity contribution is 6.34. The molecular formula is C13H12ClNO3. The van der Waals surface area contributed by atoms with Gasteiger partial charge in [-0.1, -0.05) is 17.7 Å². The lowest BCUT2D eigenvalue weighted by Gasteiger charge is -2.21. The number of carboxylic acid groups (broad SMARTS) is 1. The second-order valence-electron chi connectivity index (χ2n) is 3.93. The van der Waals surface area contributed by atoms with Crippen LogP contribution in [0.1, 0.15) is 15.9 Å². The van der Waals surface area contributed by atoms with Crippen LogP contribution in [0.15, 0.2) is 41.2 Å². The summed E-state index contributed by atoms with van der Waals surface area (Å²) in [6, 6.07) is 6.87. The van der Waals surface area contributed by atoms with E-state index in [0.29, 0.717) is 12.2 Å². The quantitative estimate of drug-likeness (QED) is 0.922. The Morgan fingerprint density at radius 3 is 2.83 bits per heavy atom. The average Bonchev–Trinajstić information content (AvgIpc) is 2.80. The number of carbonyl (C=O) groups is 1. The molecule has 2 aromatic rings. The number of anilines is 1. The van der Waals surface area contributed by atoms with E-state index in [4.69, 9.17) is 16.0 Å². The number of aromatic carboxylic acids is 1. The summed E-state index contributed by atoms with van der Waals surface area (Å²) in [7, 11) is 1.81. The normalized spacial score (nSPS) is 10.3. The highest BCUT2D eigenvalue weighted by Gasteiger charge is 2.17. The Bertz CT molecular complexity index is 551. The molecule has 1 aromatic carbocycles. The van der Waals surface area contributed by atoms with Gasteiger partial charge < -0.3 is 14.4 Å². The van der Waals surface area contributed by atoms with E-state index in [2.05, 4.69) is 0 Å². The number of hydrogen-bond acceptors (Lipinski definition) is 3. The number of hydrogen-bond donors (Lipinski definition) is 1. The third-order valence-electron chi connectivity index (χ3n) is 2.62. The lowest BCUT2D eigenvalue weighted by molar-refractivity contribution is 0.0697. The molecule has 0 aliphatic heterocycles. The maximum absolute atomic E-state index is 11.2. The highest BCUT2D eigenvalue weighted by atomic mass is 35.5. The Kier molecular flexibility index (Phi) is 3.58. The number of benzene rings is 1. The molecule has 0 aliphatic rings. The molecule has 1 aromatic heterocycles. The van der Waals surface area contributed by atoms with Crippen molar-refractivity contribution in [2.45, 2.75) is 6.54 Å². The fourth-order valence-electron chi connectivity index (χ4n) is 1.78. The summed E-state index contributed by atoms with van der Waals surface area (Å²) >= 11 is 5.92. The van der Waals surface area contributed by atoms with Gasteiger partial charge in [-0.3, -0.25) is 0 Å². The van der Waals surface area contributed by atoms with Crippen LogP contribution in [0.3, 0.4) is 0 Å². The van der Waals surface area contributed by atoms with E-state index in [0.717, 1.165) is 5.56 Å². The molecule has 0 amide bonds. The van der Waals surface area contributed by atoms with Gasteiger partial charge in [-0.15, -0.1) is 0 Å². The largest absolute Gasteiger partial charge is 0.478 e. The first-order valence-corrected chi connectivity index (χ1v) is 5.71. The zero-order valence-electron chi connectivity index (χ0n) is 9.76. The fourth-order valence-corrected chi connectivity index (χ4v) is 2.03. The lowest BCUT2D eigenvalue weighted by atomic mass is 10.1. The molecule has 0 saturated carbocycles. The molecule has 0 saturated heterocycles. The Balaban J connectivity index is 2.32. The van der Waals surface area contributed by atoms with Crippen LogP contribution < -0.4 is 4.90 Å². The van der Waals surface area contributed by atoms with Crippen molar-refractivity contribution in [1.29, 1.82) is 0 Å². The van der Waals surface area contributed by atoms with E-state index in [9.17, 15) is 9.90 Å². The molecule has 5 heteroatoms. The first-order chi connectivity index (χ1) is 8.59. The molecule has 4 nitrogen and oxygen atoms in total. The van der Waals surface area contributed by atoms with Gasteiger partial charge in [0.15, 0.2) is 0 Å². The zero-order chi connectivity index (χ0) is 13.1. The maximum Gasteiger partial charge on any atom is 0.339 e. The zero-order valence-corrected chi connectivity index (χ0v) is 10.5. The molecule has 0 aliphatic carbocycles. The number of rotatable bonds is 4. The Hall–Kier alpha value is -1.94. The van der Waals surface area contributed by atoms with Crippen molar-refractivity contribution in [3.05, 3.63) is 52.9 Å². The average molecular weight is 266 g/mol. The molecule has 1 heterocycles. The van der Waals surface area contributed by atoms with Gasteiger partial charge in [0.1, 0.15) is 5.56 Å². The standard InChI is InChI=1S/C13H12ClNO3/c1-15(7-9-5-6-18-8-9)11-4-2-3-10(14)12(11)13(16)17/h2-6,8H,7H2,1H3,(H,16,17). The van der Waals surface area contributed by atoms with Crippen LogP contribution in [0.2, 0.25) is 5.02 Å². The smallest absolute Gasteiger partial charge is 0.339 e. The predicted octanol–water partition coefficient (Wildman–Crippen LogP) is 3.27. The van der Waals surface area contributed by atoms with Gasteiger partial charge in [0.25, 0.3) is 0 Å². The van der Waals surface area contributed by atoms with Crippen molar-refractivity contribution in [3.8, 4) is 0 Å².